The molecule has 0 spiro atoms. The van der Waals surface area contributed by atoms with E-state index in [1.807, 2.05) is 5.32 Å². The predicted molar refractivity (Wildman–Crippen MR) is 86.6 cm³/mol. The lowest BCUT2D eigenvalue weighted by Crippen LogP contribution is -2.52. The van der Waals surface area contributed by atoms with E-state index < -0.39 is 30.7 Å². The number of nitrogens with one attached hydrogen (secondary N) is 2. The van der Waals surface area contributed by atoms with E-state index in [9.17, 15) is 18.0 Å². The smallest absolute Gasteiger partial charge is 0.258 e. The minimum absolute atomic E-state index is 0.212. The molecule has 0 aliphatic heterocycles. The summed E-state index contributed by atoms with van der Waals surface area (Å²) in [6.07, 6.45) is -5.19. The van der Waals surface area contributed by atoms with Crippen LogP contribution in [0, 0.1) is 0 Å². The van der Waals surface area contributed by atoms with Crippen LogP contribution < -0.4 is 10.6 Å². The molecule has 0 fully saturated rings. The zero-order valence-corrected chi connectivity index (χ0v) is 13.1. The summed E-state index contributed by atoms with van der Waals surface area (Å²) in [5, 5.41) is 4.54. The first-order chi connectivity index (χ1) is 11.5. The summed E-state index contributed by atoms with van der Waals surface area (Å²) in [5.41, 5.74) is 0.967. The quantitative estimate of drug-likeness (QED) is 0.757. The summed E-state index contributed by atoms with van der Waals surface area (Å²) in [5.74, 6) is -0.733. The van der Waals surface area contributed by atoms with Gasteiger partial charge in [-0.15, -0.1) is 0 Å². The predicted octanol–water partition coefficient (Wildman–Crippen LogP) is 3.70. The Bertz CT molecular complexity index is 637. The van der Waals surface area contributed by atoms with Gasteiger partial charge in [-0.3, -0.25) is 10.1 Å². The van der Waals surface area contributed by atoms with Gasteiger partial charge < -0.3 is 5.32 Å². The Morgan fingerprint density at radius 2 is 1.46 bits per heavy atom. The van der Waals surface area contributed by atoms with Crippen LogP contribution in [0.4, 0.5) is 13.2 Å². The van der Waals surface area contributed by atoms with Gasteiger partial charge in [-0.05, 0) is 24.6 Å². The van der Waals surface area contributed by atoms with E-state index in [4.69, 9.17) is 0 Å². The van der Waals surface area contributed by atoms with Crippen molar-refractivity contribution in [3.63, 3.8) is 0 Å². The number of carbonyl (C=O) groups is 1. The zero-order chi connectivity index (χ0) is 17.5. The van der Waals surface area contributed by atoms with E-state index in [0.717, 1.165) is 5.56 Å². The van der Waals surface area contributed by atoms with Gasteiger partial charge in [0.25, 0.3) is 12.3 Å². The molecule has 3 nitrogen and oxygen atoms in total. The molecule has 0 aromatic heterocycles. The van der Waals surface area contributed by atoms with E-state index in [1.54, 1.807) is 55.5 Å². The zero-order valence-electron chi connectivity index (χ0n) is 13.1. The van der Waals surface area contributed by atoms with Gasteiger partial charge in [0.05, 0.1) is 0 Å². The number of hydrogen-bond donors (Lipinski definition) is 2. The standard InChI is InChI=1S/C18H19F3N2O/c1-12(13-8-4-2-5-9-13)22-15(16(19)20)17(21)23-18(24)14-10-6-3-7-11-14/h2-12,15-17,22H,1H3,(H,23,24)/t12-,15+,17?/m0/s1. The van der Waals surface area contributed by atoms with Crippen LogP contribution in [0.25, 0.3) is 0 Å². The molecular weight excluding hydrogens is 317 g/mol. The Kier molecular flexibility index (Phi) is 6.37. The Morgan fingerprint density at radius 1 is 0.917 bits per heavy atom. The molecule has 0 saturated heterocycles. The van der Waals surface area contributed by atoms with Gasteiger partial charge in [0.15, 0.2) is 6.30 Å². The fourth-order valence-corrected chi connectivity index (χ4v) is 2.30. The highest BCUT2D eigenvalue weighted by atomic mass is 19.3. The van der Waals surface area contributed by atoms with E-state index in [2.05, 4.69) is 5.32 Å². The third-order valence-corrected chi connectivity index (χ3v) is 3.63. The van der Waals surface area contributed by atoms with Crippen molar-refractivity contribution in [1.29, 1.82) is 0 Å². The largest absolute Gasteiger partial charge is 0.321 e. The molecule has 0 bridgehead atoms. The Labute approximate surface area is 138 Å². The molecule has 3 atom stereocenters. The van der Waals surface area contributed by atoms with Crippen LogP contribution in [0.2, 0.25) is 0 Å². The summed E-state index contributed by atoms with van der Waals surface area (Å²) >= 11 is 0. The van der Waals surface area contributed by atoms with Gasteiger partial charge in [-0.25, -0.2) is 13.2 Å². The molecule has 0 radical (unpaired) electrons. The molecule has 2 aromatic rings. The Balaban J connectivity index is 2.02. The van der Waals surface area contributed by atoms with Crippen molar-refractivity contribution in [3.05, 3.63) is 71.8 Å². The lowest BCUT2D eigenvalue weighted by molar-refractivity contribution is 0.0360. The number of benzene rings is 2. The Hall–Kier alpha value is -2.34. The molecular formula is C18H19F3N2O. The molecule has 6 heteroatoms. The molecule has 2 rings (SSSR count). The summed E-state index contributed by atoms with van der Waals surface area (Å²) in [4.78, 5) is 11.9. The van der Waals surface area contributed by atoms with Crippen LogP contribution in [0.1, 0.15) is 28.9 Å². The van der Waals surface area contributed by atoms with Gasteiger partial charge in [-0.1, -0.05) is 48.5 Å². The van der Waals surface area contributed by atoms with Gasteiger partial charge in [0, 0.05) is 11.6 Å². The number of carbonyl (C=O) groups excluding carboxylic acids is 1. The van der Waals surface area contributed by atoms with Gasteiger partial charge in [-0.2, -0.15) is 0 Å². The minimum Gasteiger partial charge on any atom is -0.321 e. The van der Waals surface area contributed by atoms with Crippen molar-refractivity contribution in [2.45, 2.75) is 31.7 Å². The molecule has 0 aliphatic rings. The van der Waals surface area contributed by atoms with Crippen LogP contribution >= 0.6 is 0 Å². The van der Waals surface area contributed by atoms with Crippen LogP contribution in [-0.4, -0.2) is 24.7 Å². The summed E-state index contributed by atoms with van der Waals surface area (Å²) in [6.45, 7) is 1.66. The monoisotopic (exact) mass is 336 g/mol. The normalized spacial score (nSPS) is 14.9. The molecule has 2 aromatic carbocycles. The minimum atomic E-state index is -2.97. The van der Waals surface area contributed by atoms with Gasteiger partial charge in [0.1, 0.15) is 6.04 Å². The van der Waals surface area contributed by atoms with Crippen molar-refractivity contribution in [3.8, 4) is 0 Å². The average Bonchev–Trinajstić information content (AvgIpc) is 2.60. The maximum Gasteiger partial charge on any atom is 0.258 e. The van der Waals surface area contributed by atoms with Crippen molar-refractivity contribution >= 4 is 5.91 Å². The highest BCUT2D eigenvalue weighted by Crippen LogP contribution is 2.17. The molecule has 1 amide bonds. The van der Waals surface area contributed by atoms with E-state index in [0.29, 0.717) is 0 Å². The molecule has 24 heavy (non-hydrogen) atoms. The van der Waals surface area contributed by atoms with Crippen LogP contribution in [0.3, 0.4) is 0 Å². The lowest BCUT2D eigenvalue weighted by atomic mass is 10.1. The average molecular weight is 336 g/mol. The number of rotatable bonds is 7. The summed E-state index contributed by atoms with van der Waals surface area (Å²) in [6, 6.07) is 14.5. The molecule has 2 N–H and O–H groups in total. The van der Waals surface area contributed by atoms with Crippen molar-refractivity contribution in [2.75, 3.05) is 0 Å². The van der Waals surface area contributed by atoms with Crippen LogP contribution in [0.15, 0.2) is 60.7 Å². The van der Waals surface area contributed by atoms with Crippen molar-refractivity contribution in [1.82, 2.24) is 10.6 Å². The second-order valence-electron chi connectivity index (χ2n) is 5.40. The Morgan fingerprint density at radius 3 is 2.00 bits per heavy atom. The first kappa shape index (κ1) is 18.0. The van der Waals surface area contributed by atoms with Crippen molar-refractivity contribution < 1.29 is 18.0 Å². The number of alkyl halides is 3. The van der Waals surface area contributed by atoms with E-state index >= 15 is 0 Å². The van der Waals surface area contributed by atoms with Crippen molar-refractivity contribution in [2.24, 2.45) is 0 Å². The second kappa shape index (κ2) is 8.49. The van der Waals surface area contributed by atoms with E-state index in [1.165, 1.54) is 12.1 Å². The first-order valence-corrected chi connectivity index (χ1v) is 7.58. The number of amides is 1. The third-order valence-electron chi connectivity index (χ3n) is 3.63. The topological polar surface area (TPSA) is 41.1 Å². The SMILES string of the molecule is C[C@H](N[C@H](C(F)F)C(F)NC(=O)c1ccccc1)c1ccccc1. The number of halogens is 3. The molecule has 0 aliphatic carbocycles. The molecule has 1 unspecified atom stereocenters. The molecule has 128 valence electrons. The van der Waals surface area contributed by atoms with E-state index in [-0.39, 0.29) is 5.56 Å². The second-order valence-corrected chi connectivity index (χ2v) is 5.40. The molecule has 0 heterocycles. The van der Waals surface area contributed by atoms with Crippen LogP contribution in [-0.2, 0) is 0 Å². The fourth-order valence-electron chi connectivity index (χ4n) is 2.30. The first-order valence-electron chi connectivity index (χ1n) is 7.58. The highest BCUT2D eigenvalue weighted by Gasteiger charge is 2.32. The maximum atomic E-state index is 14.3. The fraction of sp³-hybridized carbons (Fsp3) is 0.278. The van der Waals surface area contributed by atoms with Gasteiger partial charge >= 0.3 is 0 Å². The maximum absolute atomic E-state index is 14.3. The van der Waals surface area contributed by atoms with Crippen LogP contribution in [0.5, 0.6) is 0 Å². The lowest BCUT2D eigenvalue weighted by Gasteiger charge is -2.26. The summed E-state index contributed by atoms with van der Waals surface area (Å²) < 4.78 is 40.7. The van der Waals surface area contributed by atoms with Gasteiger partial charge in [0.2, 0.25) is 0 Å². The summed E-state index contributed by atoms with van der Waals surface area (Å²) in [7, 11) is 0. The molecule has 0 saturated carbocycles. The third kappa shape index (κ3) is 4.83. The number of hydrogen-bond acceptors (Lipinski definition) is 2. The highest BCUT2D eigenvalue weighted by molar-refractivity contribution is 5.94.